The monoisotopic (exact) mass is 167 g/mol. The Kier molecular flexibility index (Phi) is 1.79. The molecule has 0 spiro atoms. The summed E-state index contributed by atoms with van der Waals surface area (Å²) in [5, 5.41) is 0. The van der Waals surface area contributed by atoms with Gasteiger partial charge in [-0.3, -0.25) is 4.90 Å². The zero-order chi connectivity index (χ0) is 8.55. The zero-order valence-electron chi connectivity index (χ0n) is 7.19. The highest BCUT2D eigenvalue weighted by Gasteiger charge is 2.37. The quantitative estimate of drug-likeness (QED) is 0.554. The second-order valence-electron chi connectivity index (χ2n) is 3.28. The molecule has 0 bridgehead atoms. The summed E-state index contributed by atoms with van der Waals surface area (Å²) < 4.78 is 4.98. The number of cyclic esters (lactones) is 1. The van der Waals surface area contributed by atoms with E-state index in [2.05, 4.69) is 19.1 Å². The molecule has 0 radical (unpaired) electrons. The Morgan fingerprint density at radius 3 is 3.33 bits per heavy atom. The molecule has 0 unspecified atom stereocenters. The van der Waals surface area contributed by atoms with Crippen LogP contribution in [0.1, 0.15) is 19.8 Å². The van der Waals surface area contributed by atoms with Crippen LogP contribution in [0, 0.1) is 0 Å². The van der Waals surface area contributed by atoms with Gasteiger partial charge in [0.1, 0.15) is 6.61 Å². The van der Waals surface area contributed by atoms with Crippen LogP contribution >= 0.6 is 0 Å². The lowest BCUT2D eigenvalue weighted by Crippen LogP contribution is -2.42. The van der Waals surface area contributed by atoms with Crippen LogP contribution in [0.2, 0.25) is 0 Å². The van der Waals surface area contributed by atoms with Crippen LogP contribution < -0.4 is 0 Å². The van der Waals surface area contributed by atoms with Gasteiger partial charge in [0, 0.05) is 0 Å². The number of hydrogen-bond acceptors (Lipinski definition) is 2. The van der Waals surface area contributed by atoms with E-state index >= 15 is 0 Å². The van der Waals surface area contributed by atoms with Gasteiger partial charge in [0.2, 0.25) is 0 Å². The molecule has 2 heterocycles. The highest BCUT2D eigenvalue weighted by molar-refractivity contribution is 5.71. The number of nitrogens with zero attached hydrogens (tertiary/aromatic N) is 1. The topological polar surface area (TPSA) is 29.5 Å². The molecule has 0 aromatic carbocycles. The van der Waals surface area contributed by atoms with Gasteiger partial charge in [0.05, 0.1) is 12.1 Å². The summed E-state index contributed by atoms with van der Waals surface area (Å²) in [6.45, 7) is 2.66. The first-order valence-electron chi connectivity index (χ1n) is 4.44. The average Bonchev–Trinajstić information content (AvgIpc) is 2.48. The molecule has 0 saturated carbocycles. The highest BCUT2D eigenvalue weighted by atomic mass is 16.6. The minimum Gasteiger partial charge on any atom is -0.447 e. The van der Waals surface area contributed by atoms with Crippen molar-refractivity contribution in [2.45, 2.75) is 31.8 Å². The van der Waals surface area contributed by atoms with Crippen molar-refractivity contribution in [3.8, 4) is 0 Å². The second kappa shape index (κ2) is 2.81. The van der Waals surface area contributed by atoms with Crippen LogP contribution in [0.5, 0.6) is 0 Å². The smallest absolute Gasteiger partial charge is 0.410 e. The van der Waals surface area contributed by atoms with E-state index in [4.69, 9.17) is 4.74 Å². The predicted octanol–water partition coefficient (Wildman–Crippen LogP) is 1.55. The van der Waals surface area contributed by atoms with Gasteiger partial charge in [-0.1, -0.05) is 19.1 Å². The molecular formula is C9H13NO2. The molecule has 3 nitrogen and oxygen atoms in total. The number of carbonyl (C=O) groups excluding carboxylic acids is 1. The highest BCUT2D eigenvalue weighted by Crippen LogP contribution is 2.25. The Hall–Kier alpha value is -0.990. The maximum Gasteiger partial charge on any atom is 0.410 e. The van der Waals surface area contributed by atoms with Crippen LogP contribution in [0.3, 0.4) is 0 Å². The largest absolute Gasteiger partial charge is 0.447 e. The minimum absolute atomic E-state index is 0.142. The Labute approximate surface area is 72.0 Å². The molecule has 0 aliphatic carbocycles. The summed E-state index contributed by atoms with van der Waals surface area (Å²) in [6.07, 6.45) is 6.03. The van der Waals surface area contributed by atoms with Gasteiger partial charge in [0.15, 0.2) is 0 Å². The van der Waals surface area contributed by atoms with Gasteiger partial charge in [-0.15, -0.1) is 0 Å². The minimum atomic E-state index is -0.142. The molecule has 1 amide bonds. The molecule has 2 rings (SSSR count). The van der Waals surface area contributed by atoms with E-state index < -0.39 is 0 Å². The van der Waals surface area contributed by atoms with Crippen molar-refractivity contribution in [1.82, 2.24) is 4.90 Å². The van der Waals surface area contributed by atoms with Gasteiger partial charge in [-0.05, 0) is 12.8 Å². The SMILES string of the molecule is CC[C@@H]1C=CC[C@@H]2COC(=O)N21. The Morgan fingerprint density at radius 1 is 1.75 bits per heavy atom. The maximum absolute atomic E-state index is 11.2. The van der Waals surface area contributed by atoms with E-state index in [1.807, 2.05) is 4.90 Å². The van der Waals surface area contributed by atoms with Gasteiger partial charge in [-0.2, -0.15) is 0 Å². The third kappa shape index (κ3) is 1.00. The molecule has 0 N–H and O–H groups in total. The molecule has 1 saturated heterocycles. The lowest BCUT2D eigenvalue weighted by atomic mass is 10.0. The molecule has 0 aromatic rings. The molecule has 12 heavy (non-hydrogen) atoms. The molecule has 2 atom stereocenters. The third-order valence-corrected chi connectivity index (χ3v) is 2.55. The van der Waals surface area contributed by atoms with Crippen molar-refractivity contribution in [2.75, 3.05) is 6.61 Å². The third-order valence-electron chi connectivity index (χ3n) is 2.55. The van der Waals surface area contributed by atoms with Crippen LogP contribution in [-0.4, -0.2) is 29.7 Å². The predicted molar refractivity (Wildman–Crippen MR) is 44.8 cm³/mol. The van der Waals surface area contributed by atoms with Crippen molar-refractivity contribution < 1.29 is 9.53 Å². The van der Waals surface area contributed by atoms with Crippen molar-refractivity contribution in [2.24, 2.45) is 0 Å². The fourth-order valence-corrected chi connectivity index (χ4v) is 1.88. The summed E-state index contributed by atoms with van der Waals surface area (Å²) in [5.74, 6) is 0. The summed E-state index contributed by atoms with van der Waals surface area (Å²) in [6, 6.07) is 0.561. The Balaban J connectivity index is 2.20. The molecule has 1 fully saturated rings. The first-order chi connectivity index (χ1) is 5.83. The molecule has 3 heteroatoms. The lowest BCUT2D eigenvalue weighted by Gasteiger charge is -2.30. The number of amides is 1. The van der Waals surface area contributed by atoms with E-state index in [-0.39, 0.29) is 12.1 Å². The maximum atomic E-state index is 11.2. The number of rotatable bonds is 1. The van der Waals surface area contributed by atoms with Gasteiger partial charge in [0.25, 0.3) is 0 Å². The normalized spacial score (nSPS) is 33.4. The number of fused-ring (bicyclic) bond motifs is 1. The number of carbonyl (C=O) groups is 1. The summed E-state index contributed by atoms with van der Waals surface area (Å²) in [4.78, 5) is 13.1. The first-order valence-corrected chi connectivity index (χ1v) is 4.44. The van der Waals surface area contributed by atoms with Crippen LogP contribution in [0.15, 0.2) is 12.2 Å². The van der Waals surface area contributed by atoms with Crippen molar-refractivity contribution in [1.29, 1.82) is 0 Å². The standard InChI is InChI=1S/C9H13NO2/c1-2-7-4-3-5-8-6-12-9(11)10(7)8/h3-4,7-8H,2,5-6H2,1H3/t7-,8-/m1/s1. The van der Waals surface area contributed by atoms with E-state index in [0.717, 1.165) is 12.8 Å². The number of hydrogen-bond donors (Lipinski definition) is 0. The van der Waals surface area contributed by atoms with Gasteiger partial charge in [-0.25, -0.2) is 4.79 Å². The zero-order valence-corrected chi connectivity index (χ0v) is 7.19. The van der Waals surface area contributed by atoms with E-state index in [1.54, 1.807) is 0 Å². The van der Waals surface area contributed by atoms with Crippen molar-refractivity contribution >= 4 is 6.09 Å². The van der Waals surface area contributed by atoms with E-state index in [0.29, 0.717) is 12.6 Å². The van der Waals surface area contributed by atoms with Crippen LogP contribution in [-0.2, 0) is 4.74 Å². The fourth-order valence-electron chi connectivity index (χ4n) is 1.88. The summed E-state index contributed by atoms with van der Waals surface area (Å²) in [7, 11) is 0. The van der Waals surface area contributed by atoms with Gasteiger partial charge < -0.3 is 4.74 Å². The molecule has 0 aromatic heterocycles. The van der Waals surface area contributed by atoms with Crippen LogP contribution in [0.4, 0.5) is 4.79 Å². The van der Waals surface area contributed by atoms with E-state index in [1.165, 1.54) is 0 Å². The van der Waals surface area contributed by atoms with Crippen LogP contribution in [0.25, 0.3) is 0 Å². The average molecular weight is 167 g/mol. The Morgan fingerprint density at radius 2 is 2.58 bits per heavy atom. The summed E-state index contributed by atoms with van der Waals surface area (Å²) in [5.41, 5.74) is 0. The first kappa shape index (κ1) is 7.65. The molecule has 2 aliphatic heterocycles. The van der Waals surface area contributed by atoms with Gasteiger partial charge >= 0.3 is 6.09 Å². The Bertz CT molecular complexity index is 225. The molecular weight excluding hydrogens is 154 g/mol. The van der Waals surface area contributed by atoms with Crippen molar-refractivity contribution in [3.05, 3.63) is 12.2 Å². The number of ether oxygens (including phenoxy) is 1. The summed E-state index contributed by atoms with van der Waals surface area (Å²) >= 11 is 0. The van der Waals surface area contributed by atoms with E-state index in [9.17, 15) is 4.79 Å². The fraction of sp³-hybridized carbons (Fsp3) is 0.667. The molecule has 2 aliphatic rings. The molecule has 66 valence electrons. The van der Waals surface area contributed by atoms with Crippen molar-refractivity contribution in [3.63, 3.8) is 0 Å². The second-order valence-corrected chi connectivity index (χ2v) is 3.28. The lowest BCUT2D eigenvalue weighted by molar-refractivity contribution is 0.149.